The summed E-state index contributed by atoms with van der Waals surface area (Å²) in [6, 6.07) is 1.57. The van der Waals surface area contributed by atoms with Crippen LogP contribution in [0.3, 0.4) is 0 Å². The van der Waals surface area contributed by atoms with Crippen LogP contribution in [0.4, 0.5) is 0 Å². The molecule has 1 heterocycles. The summed E-state index contributed by atoms with van der Waals surface area (Å²) in [5.74, 6) is 0.440. The molecule has 2 rings (SSSR count). The predicted molar refractivity (Wildman–Crippen MR) is 55.8 cm³/mol. The van der Waals surface area contributed by atoms with E-state index in [9.17, 15) is 4.79 Å². The van der Waals surface area contributed by atoms with Crippen LogP contribution >= 0.6 is 11.6 Å². The van der Waals surface area contributed by atoms with Crippen LogP contribution < -0.4 is 0 Å². The van der Waals surface area contributed by atoms with Crippen molar-refractivity contribution in [2.24, 2.45) is 5.92 Å². The van der Waals surface area contributed by atoms with Gasteiger partial charge in [-0.3, -0.25) is 4.79 Å². The molecule has 0 N–H and O–H groups in total. The highest BCUT2D eigenvalue weighted by Gasteiger charge is 2.29. The second-order valence-electron chi connectivity index (χ2n) is 4.01. The Bertz CT molecular complexity index is 333. The number of rotatable bonds is 3. The lowest BCUT2D eigenvalue weighted by molar-refractivity contribution is 0.0736. The molecule has 0 spiro atoms. The number of nitrogens with zero attached hydrogens (tertiary/aromatic N) is 2. The summed E-state index contributed by atoms with van der Waals surface area (Å²) in [4.78, 5) is 13.4. The number of alkyl halides is 1. The maximum absolute atomic E-state index is 11.7. The predicted octanol–water partition coefficient (Wildman–Crippen LogP) is 1.76. The number of hydrogen-bond donors (Lipinski definition) is 0. The molecule has 1 aromatic heterocycles. The molecule has 4 nitrogen and oxygen atoms in total. The van der Waals surface area contributed by atoms with Crippen LogP contribution in [0.25, 0.3) is 0 Å². The second-order valence-corrected chi connectivity index (χ2v) is 4.62. The summed E-state index contributed by atoms with van der Waals surface area (Å²) in [5, 5.41) is 3.91. The highest BCUT2D eigenvalue weighted by molar-refractivity contribution is 6.21. The largest absolute Gasteiger partial charge is 0.364 e. The van der Waals surface area contributed by atoms with E-state index in [1.165, 1.54) is 6.26 Å². The van der Waals surface area contributed by atoms with Gasteiger partial charge >= 0.3 is 0 Å². The quantitative estimate of drug-likeness (QED) is 0.741. The third-order valence-electron chi connectivity index (χ3n) is 2.71. The van der Waals surface area contributed by atoms with Gasteiger partial charge in [0.2, 0.25) is 0 Å². The Kier molecular flexibility index (Phi) is 2.95. The molecule has 0 unspecified atom stereocenters. The number of hydrogen-bond acceptors (Lipinski definition) is 3. The molecule has 0 saturated heterocycles. The van der Waals surface area contributed by atoms with E-state index in [-0.39, 0.29) is 5.91 Å². The van der Waals surface area contributed by atoms with Gasteiger partial charge in [0, 0.05) is 25.0 Å². The normalized spacial score (nSPS) is 24.7. The summed E-state index contributed by atoms with van der Waals surface area (Å²) in [5.41, 5.74) is 0.360. The molecule has 0 bridgehead atoms. The lowest BCUT2D eigenvalue weighted by Gasteiger charge is -2.33. The van der Waals surface area contributed by atoms with Crippen molar-refractivity contribution < 1.29 is 9.32 Å². The molecule has 1 fully saturated rings. The zero-order valence-corrected chi connectivity index (χ0v) is 9.28. The average Bonchev–Trinajstić information content (AvgIpc) is 2.66. The van der Waals surface area contributed by atoms with Gasteiger partial charge in [0.25, 0.3) is 5.91 Å². The SMILES string of the molecule is CN(CC1CC(Cl)C1)C(=O)c1ccon1. The Morgan fingerprint density at radius 1 is 1.73 bits per heavy atom. The van der Waals surface area contributed by atoms with Crippen molar-refractivity contribution in [3.63, 3.8) is 0 Å². The molecule has 0 atom stereocenters. The van der Waals surface area contributed by atoms with E-state index in [0.29, 0.717) is 17.0 Å². The number of halogens is 1. The van der Waals surface area contributed by atoms with E-state index in [4.69, 9.17) is 11.6 Å². The molecule has 1 amide bonds. The Balaban J connectivity index is 1.86. The molecule has 1 saturated carbocycles. The lowest BCUT2D eigenvalue weighted by atomic mass is 9.84. The Morgan fingerprint density at radius 2 is 2.47 bits per heavy atom. The molecular formula is C10H13ClN2O2. The standard InChI is InChI=1S/C10H13ClN2O2/c1-13(6-7-4-8(11)5-7)10(14)9-2-3-15-12-9/h2-3,7-8H,4-6H2,1H3. The topological polar surface area (TPSA) is 46.3 Å². The van der Waals surface area contributed by atoms with Gasteiger partial charge in [-0.1, -0.05) is 5.16 Å². The minimum atomic E-state index is -0.0956. The lowest BCUT2D eigenvalue weighted by Crippen LogP contribution is -2.38. The van der Waals surface area contributed by atoms with Gasteiger partial charge in [-0.15, -0.1) is 11.6 Å². The molecule has 15 heavy (non-hydrogen) atoms. The van der Waals surface area contributed by atoms with Gasteiger partial charge in [0.15, 0.2) is 5.69 Å². The van der Waals surface area contributed by atoms with Crippen molar-refractivity contribution in [3.05, 3.63) is 18.0 Å². The summed E-state index contributed by atoms with van der Waals surface area (Å²) < 4.78 is 4.63. The zero-order chi connectivity index (χ0) is 10.8. The van der Waals surface area contributed by atoms with Crippen molar-refractivity contribution in [2.75, 3.05) is 13.6 Å². The van der Waals surface area contributed by atoms with Gasteiger partial charge in [-0.05, 0) is 18.8 Å². The smallest absolute Gasteiger partial charge is 0.275 e. The van der Waals surface area contributed by atoms with E-state index in [1.807, 2.05) is 0 Å². The zero-order valence-electron chi connectivity index (χ0n) is 8.52. The first-order valence-corrected chi connectivity index (χ1v) is 5.40. The minimum absolute atomic E-state index is 0.0956. The van der Waals surface area contributed by atoms with Gasteiger partial charge in [0.05, 0.1) is 0 Å². The molecule has 5 heteroatoms. The van der Waals surface area contributed by atoms with Crippen molar-refractivity contribution >= 4 is 17.5 Å². The van der Waals surface area contributed by atoms with Crippen molar-refractivity contribution in [2.45, 2.75) is 18.2 Å². The van der Waals surface area contributed by atoms with Gasteiger partial charge in [0.1, 0.15) is 6.26 Å². The van der Waals surface area contributed by atoms with Crippen molar-refractivity contribution in [1.82, 2.24) is 10.1 Å². The number of aromatic nitrogens is 1. The monoisotopic (exact) mass is 228 g/mol. The average molecular weight is 229 g/mol. The first-order chi connectivity index (χ1) is 7.16. The second kappa shape index (κ2) is 4.23. The summed E-state index contributed by atoms with van der Waals surface area (Å²) in [7, 11) is 1.78. The van der Waals surface area contributed by atoms with Crippen LogP contribution in [0.1, 0.15) is 23.3 Å². The van der Waals surface area contributed by atoms with Crippen LogP contribution in [-0.2, 0) is 0 Å². The Morgan fingerprint density at radius 3 is 3.00 bits per heavy atom. The van der Waals surface area contributed by atoms with Crippen LogP contribution in [0, 0.1) is 5.92 Å². The first kappa shape index (κ1) is 10.5. The molecule has 1 aliphatic rings. The molecule has 0 aromatic carbocycles. The summed E-state index contributed by atoms with van der Waals surface area (Å²) >= 11 is 5.88. The Hall–Kier alpha value is -1.03. The van der Waals surface area contributed by atoms with Crippen LogP contribution in [0.5, 0.6) is 0 Å². The highest BCUT2D eigenvalue weighted by atomic mass is 35.5. The van der Waals surface area contributed by atoms with Gasteiger partial charge in [-0.25, -0.2) is 0 Å². The van der Waals surface area contributed by atoms with Crippen LogP contribution in [0.2, 0.25) is 0 Å². The first-order valence-electron chi connectivity index (χ1n) is 4.96. The third kappa shape index (κ3) is 2.31. The minimum Gasteiger partial charge on any atom is -0.364 e. The van der Waals surface area contributed by atoms with Crippen molar-refractivity contribution in [3.8, 4) is 0 Å². The van der Waals surface area contributed by atoms with E-state index in [2.05, 4.69) is 9.68 Å². The van der Waals surface area contributed by atoms with Crippen molar-refractivity contribution in [1.29, 1.82) is 0 Å². The molecule has 0 radical (unpaired) electrons. The summed E-state index contributed by atoms with van der Waals surface area (Å²) in [6.45, 7) is 0.745. The maximum Gasteiger partial charge on any atom is 0.275 e. The highest BCUT2D eigenvalue weighted by Crippen LogP contribution is 2.32. The Labute approximate surface area is 93.2 Å². The van der Waals surface area contributed by atoms with E-state index in [0.717, 1.165) is 19.4 Å². The number of amides is 1. The number of carbonyl (C=O) groups excluding carboxylic acids is 1. The number of carbonyl (C=O) groups is 1. The molecule has 1 aromatic rings. The third-order valence-corrected chi connectivity index (χ3v) is 3.07. The molecule has 1 aliphatic carbocycles. The maximum atomic E-state index is 11.7. The van der Waals surface area contributed by atoms with Crippen LogP contribution in [0.15, 0.2) is 16.9 Å². The summed E-state index contributed by atoms with van der Waals surface area (Å²) in [6.07, 6.45) is 3.40. The molecule has 82 valence electrons. The fourth-order valence-electron chi connectivity index (χ4n) is 1.79. The fourth-order valence-corrected chi connectivity index (χ4v) is 2.30. The molecular weight excluding hydrogens is 216 g/mol. The van der Waals surface area contributed by atoms with Gasteiger partial charge in [-0.2, -0.15) is 0 Å². The van der Waals surface area contributed by atoms with Gasteiger partial charge < -0.3 is 9.42 Å². The van der Waals surface area contributed by atoms with E-state index >= 15 is 0 Å². The molecule has 0 aliphatic heterocycles. The fraction of sp³-hybridized carbons (Fsp3) is 0.600. The van der Waals surface area contributed by atoms with E-state index in [1.54, 1.807) is 18.0 Å². The van der Waals surface area contributed by atoms with E-state index < -0.39 is 0 Å². The van der Waals surface area contributed by atoms with Crippen LogP contribution in [-0.4, -0.2) is 34.9 Å².